The molecule has 4 nitrogen and oxygen atoms in total. The average molecular weight is 431 g/mol. The van der Waals surface area contributed by atoms with E-state index >= 15 is 0 Å². The fraction of sp³-hybridized carbons (Fsp3) is 0.286. The molecule has 0 aliphatic carbocycles. The Morgan fingerprint density at radius 2 is 1.19 bits per heavy atom. The molecule has 0 N–H and O–H groups in total. The molecule has 0 spiro atoms. The van der Waals surface area contributed by atoms with Crippen LogP contribution in [0.25, 0.3) is 0 Å². The summed E-state index contributed by atoms with van der Waals surface area (Å²) >= 11 is 0. The van der Waals surface area contributed by atoms with Crippen LogP contribution in [0.3, 0.4) is 0 Å². The van der Waals surface area contributed by atoms with Gasteiger partial charge in [0.1, 0.15) is 0 Å². The van der Waals surface area contributed by atoms with Gasteiger partial charge < -0.3 is 9.47 Å². The Bertz CT molecular complexity index is 1070. The van der Waals surface area contributed by atoms with Crippen LogP contribution < -0.4 is 9.47 Å². The minimum atomic E-state index is -0.475. The van der Waals surface area contributed by atoms with Gasteiger partial charge in [-0.25, -0.2) is 9.59 Å². The molecule has 3 rings (SSSR count). The second-order valence-electron chi connectivity index (χ2n) is 8.15. The van der Waals surface area contributed by atoms with Gasteiger partial charge in [0.2, 0.25) is 0 Å². The van der Waals surface area contributed by atoms with Crippen molar-refractivity contribution >= 4 is 11.9 Å². The van der Waals surface area contributed by atoms with E-state index in [-0.39, 0.29) is 0 Å². The van der Waals surface area contributed by atoms with E-state index in [1.165, 1.54) is 0 Å². The van der Waals surface area contributed by atoms with E-state index < -0.39 is 11.9 Å². The maximum atomic E-state index is 13.0. The second kappa shape index (κ2) is 10.8. The van der Waals surface area contributed by atoms with Gasteiger partial charge in [-0.3, -0.25) is 0 Å². The molecule has 0 saturated heterocycles. The second-order valence-corrected chi connectivity index (χ2v) is 8.15. The highest BCUT2D eigenvalue weighted by molar-refractivity contribution is 5.93. The Morgan fingerprint density at radius 3 is 1.62 bits per heavy atom. The third kappa shape index (κ3) is 5.44. The van der Waals surface area contributed by atoms with Gasteiger partial charge in [0, 0.05) is 5.56 Å². The fourth-order valence-corrected chi connectivity index (χ4v) is 3.67. The lowest BCUT2D eigenvalue weighted by Crippen LogP contribution is -2.17. The predicted molar refractivity (Wildman–Crippen MR) is 127 cm³/mol. The Labute approximate surface area is 190 Å². The molecule has 0 bridgehead atoms. The molecule has 4 heteroatoms. The van der Waals surface area contributed by atoms with Crippen LogP contribution >= 0.6 is 0 Å². The van der Waals surface area contributed by atoms with Gasteiger partial charge in [-0.05, 0) is 60.6 Å². The third-order valence-electron chi connectivity index (χ3n) is 5.29. The zero-order valence-electron chi connectivity index (χ0n) is 19.2. The largest absolute Gasteiger partial charge is 0.419 e. The van der Waals surface area contributed by atoms with E-state index in [9.17, 15) is 9.59 Å². The van der Waals surface area contributed by atoms with Crippen molar-refractivity contribution in [3.05, 3.63) is 94.5 Å². The molecule has 0 unspecified atom stereocenters. The first-order valence-electron chi connectivity index (χ1n) is 11.2. The summed E-state index contributed by atoms with van der Waals surface area (Å²) in [4.78, 5) is 25.9. The molecule has 166 valence electrons. The molecule has 0 aliphatic heterocycles. The SMILES string of the molecule is CCc1cc(CC)c(OC(=O)c2ccccc2)c(OC(=O)c2ccccc2)c1CC(C)C. The van der Waals surface area contributed by atoms with Gasteiger partial charge in [0.05, 0.1) is 11.1 Å². The first kappa shape index (κ1) is 23.3. The average Bonchev–Trinajstić information content (AvgIpc) is 2.81. The molecule has 0 heterocycles. The molecule has 0 atom stereocenters. The van der Waals surface area contributed by atoms with Gasteiger partial charge in [-0.2, -0.15) is 0 Å². The number of benzene rings is 3. The summed E-state index contributed by atoms with van der Waals surface area (Å²) in [6.45, 7) is 8.31. The van der Waals surface area contributed by atoms with Crippen LogP contribution in [0.5, 0.6) is 11.5 Å². The predicted octanol–water partition coefficient (Wildman–Crippen LogP) is 6.45. The van der Waals surface area contributed by atoms with Crippen LogP contribution in [0, 0.1) is 5.92 Å². The molecule has 0 radical (unpaired) electrons. The van der Waals surface area contributed by atoms with Crippen LogP contribution in [-0.4, -0.2) is 11.9 Å². The number of hydrogen-bond acceptors (Lipinski definition) is 4. The van der Waals surface area contributed by atoms with Gasteiger partial charge in [-0.15, -0.1) is 0 Å². The Morgan fingerprint density at radius 1 is 0.719 bits per heavy atom. The van der Waals surface area contributed by atoms with Crippen molar-refractivity contribution in [3.63, 3.8) is 0 Å². The summed E-state index contributed by atoms with van der Waals surface area (Å²) in [6, 6.07) is 19.8. The summed E-state index contributed by atoms with van der Waals surface area (Å²) in [5.41, 5.74) is 3.75. The van der Waals surface area contributed by atoms with Crippen molar-refractivity contribution in [2.45, 2.75) is 47.0 Å². The summed E-state index contributed by atoms with van der Waals surface area (Å²) in [5.74, 6) is 0.0751. The zero-order chi connectivity index (χ0) is 23.1. The Balaban J connectivity index is 2.13. The lowest BCUT2D eigenvalue weighted by molar-refractivity contribution is 0.0679. The first-order valence-corrected chi connectivity index (χ1v) is 11.2. The first-order chi connectivity index (χ1) is 15.4. The van der Waals surface area contributed by atoms with Crippen molar-refractivity contribution < 1.29 is 19.1 Å². The maximum absolute atomic E-state index is 13.0. The van der Waals surface area contributed by atoms with E-state index in [0.717, 1.165) is 23.1 Å². The number of esters is 2. The van der Waals surface area contributed by atoms with E-state index in [1.54, 1.807) is 48.5 Å². The standard InChI is InChI=1S/C28H30O4/c1-5-20-18-21(6-2)25(31-27(29)22-13-9-7-10-14-22)26(24(20)17-19(3)4)32-28(30)23-15-11-8-12-16-23/h7-16,18-19H,5-6,17H2,1-4H3. The summed E-state index contributed by atoms with van der Waals surface area (Å²) in [7, 11) is 0. The van der Waals surface area contributed by atoms with Crippen LogP contribution in [0.2, 0.25) is 0 Å². The zero-order valence-corrected chi connectivity index (χ0v) is 19.2. The molecule has 3 aromatic carbocycles. The van der Waals surface area contributed by atoms with E-state index in [0.29, 0.717) is 41.4 Å². The lowest BCUT2D eigenvalue weighted by Gasteiger charge is -2.22. The Hall–Kier alpha value is -3.40. The van der Waals surface area contributed by atoms with E-state index in [2.05, 4.69) is 26.8 Å². The van der Waals surface area contributed by atoms with Gasteiger partial charge in [-0.1, -0.05) is 70.2 Å². The molecule has 32 heavy (non-hydrogen) atoms. The molecular weight excluding hydrogens is 400 g/mol. The highest BCUT2D eigenvalue weighted by atomic mass is 16.6. The minimum Gasteiger partial charge on any atom is -0.419 e. The Kier molecular flexibility index (Phi) is 7.82. The highest BCUT2D eigenvalue weighted by Gasteiger charge is 2.25. The van der Waals surface area contributed by atoms with Crippen molar-refractivity contribution in [2.24, 2.45) is 5.92 Å². The number of carbonyl (C=O) groups excluding carboxylic acids is 2. The third-order valence-corrected chi connectivity index (χ3v) is 5.29. The minimum absolute atomic E-state index is 0.332. The lowest BCUT2D eigenvalue weighted by atomic mass is 9.92. The van der Waals surface area contributed by atoms with Gasteiger partial charge in [0.25, 0.3) is 0 Å². The molecule has 0 fully saturated rings. The molecule has 0 saturated carbocycles. The summed E-state index contributed by atoms with van der Waals surface area (Å²) in [6.07, 6.45) is 2.14. The molecule has 0 amide bonds. The highest BCUT2D eigenvalue weighted by Crippen LogP contribution is 2.40. The van der Waals surface area contributed by atoms with Crippen molar-refractivity contribution in [2.75, 3.05) is 0 Å². The van der Waals surface area contributed by atoms with Crippen LogP contribution in [0.1, 0.15) is 65.1 Å². The quantitative estimate of drug-likeness (QED) is 0.304. The molecule has 0 aromatic heterocycles. The monoisotopic (exact) mass is 430 g/mol. The van der Waals surface area contributed by atoms with E-state index in [4.69, 9.17) is 9.47 Å². The number of aryl methyl sites for hydroxylation is 2. The van der Waals surface area contributed by atoms with Gasteiger partial charge >= 0.3 is 11.9 Å². The topological polar surface area (TPSA) is 52.6 Å². The smallest absolute Gasteiger partial charge is 0.343 e. The number of ether oxygens (including phenoxy) is 2. The number of hydrogen-bond donors (Lipinski definition) is 0. The fourth-order valence-electron chi connectivity index (χ4n) is 3.67. The van der Waals surface area contributed by atoms with Gasteiger partial charge in [0.15, 0.2) is 11.5 Å². The molecule has 3 aromatic rings. The van der Waals surface area contributed by atoms with Crippen molar-refractivity contribution in [1.29, 1.82) is 0 Å². The van der Waals surface area contributed by atoms with Crippen LogP contribution in [-0.2, 0) is 19.3 Å². The van der Waals surface area contributed by atoms with Crippen molar-refractivity contribution in [3.8, 4) is 11.5 Å². The van der Waals surface area contributed by atoms with Crippen LogP contribution in [0.4, 0.5) is 0 Å². The van der Waals surface area contributed by atoms with Crippen molar-refractivity contribution in [1.82, 2.24) is 0 Å². The maximum Gasteiger partial charge on any atom is 0.343 e. The molecule has 0 aliphatic rings. The summed E-state index contributed by atoms with van der Waals surface area (Å²) < 4.78 is 11.9. The normalized spacial score (nSPS) is 10.8. The van der Waals surface area contributed by atoms with Crippen LogP contribution in [0.15, 0.2) is 66.7 Å². The summed E-state index contributed by atoms with van der Waals surface area (Å²) in [5, 5.41) is 0. The van der Waals surface area contributed by atoms with E-state index in [1.807, 2.05) is 19.1 Å². The number of carbonyl (C=O) groups is 2. The number of rotatable bonds is 8. The molecular formula is C28H30O4.